The van der Waals surface area contributed by atoms with E-state index in [0.717, 1.165) is 29.8 Å². The molecule has 2 rings (SSSR count). The third-order valence-corrected chi connectivity index (χ3v) is 4.52. The molecule has 0 aromatic heterocycles. The second-order valence-corrected chi connectivity index (χ2v) is 6.02. The zero-order valence-corrected chi connectivity index (χ0v) is 13.4. The van der Waals surface area contributed by atoms with E-state index in [2.05, 4.69) is 29.1 Å². The van der Waals surface area contributed by atoms with E-state index in [0.29, 0.717) is 0 Å². The molecule has 3 nitrogen and oxygen atoms in total. The lowest BCUT2D eigenvalue weighted by Crippen LogP contribution is -2.44. The van der Waals surface area contributed by atoms with Crippen LogP contribution in [0.1, 0.15) is 19.8 Å². The highest BCUT2D eigenvalue weighted by atomic mass is 35.5. The van der Waals surface area contributed by atoms with Gasteiger partial charge >= 0.3 is 0 Å². The number of hydrogen-bond acceptors (Lipinski definition) is 3. The fourth-order valence-corrected chi connectivity index (χ4v) is 2.93. The third kappa shape index (κ3) is 4.65. The molecule has 1 fully saturated rings. The second kappa shape index (κ2) is 7.87. The number of nitrogens with one attached hydrogen (secondary N) is 1. The lowest BCUT2D eigenvalue weighted by molar-refractivity contribution is 0.135. The molecule has 0 aliphatic carbocycles. The first kappa shape index (κ1) is 15.6. The van der Waals surface area contributed by atoms with Crippen molar-refractivity contribution in [1.29, 1.82) is 0 Å². The Hall–Kier alpha value is -0.770. The van der Waals surface area contributed by atoms with Crippen LogP contribution in [0.2, 0.25) is 5.02 Å². The first-order chi connectivity index (χ1) is 9.69. The van der Waals surface area contributed by atoms with Crippen LogP contribution in [-0.4, -0.2) is 55.6 Å². The summed E-state index contributed by atoms with van der Waals surface area (Å²) in [7, 11) is 2.25. The average Bonchev–Trinajstić information content (AvgIpc) is 2.49. The summed E-state index contributed by atoms with van der Waals surface area (Å²) in [6.45, 7) is 7.99. The molecule has 20 heavy (non-hydrogen) atoms. The molecule has 4 heteroatoms. The number of piperidine rings is 1. The predicted octanol–water partition coefficient (Wildman–Crippen LogP) is 3.17. The largest absolute Gasteiger partial charge is 0.384 e. The molecule has 1 saturated heterocycles. The summed E-state index contributed by atoms with van der Waals surface area (Å²) in [5, 5.41) is 4.24. The van der Waals surface area contributed by atoms with Gasteiger partial charge in [-0.05, 0) is 63.8 Å². The summed E-state index contributed by atoms with van der Waals surface area (Å²) in [4.78, 5) is 5.03. The topological polar surface area (TPSA) is 18.5 Å². The number of halogens is 1. The van der Waals surface area contributed by atoms with Crippen molar-refractivity contribution in [3.8, 4) is 0 Å². The van der Waals surface area contributed by atoms with E-state index in [9.17, 15) is 0 Å². The number of nitrogens with zero attached hydrogens (tertiary/aromatic N) is 2. The fraction of sp³-hybridized carbons (Fsp3) is 0.625. The predicted molar refractivity (Wildman–Crippen MR) is 87.7 cm³/mol. The van der Waals surface area contributed by atoms with Crippen LogP contribution in [-0.2, 0) is 0 Å². The van der Waals surface area contributed by atoms with Gasteiger partial charge in [-0.3, -0.25) is 0 Å². The molecule has 0 bridgehead atoms. The van der Waals surface area contributed by atoms with Gasteiger partial charge in [-0.25, -0.2) is 0 Å². The summed E-state index contributed by atoms with van der Waals surface area (Å²) >= 11 is 5.88. The molecule has 1 aromatic carbocycles. The van der Waals surface area contributed by atoms with Gasteiger partial charge in [0.25, 0.3) is 0 Å². The van der Waals surface area contributed by atoms with Crippen LogP contribution in [0, 0.1) is 0 Å². The quantitative estimate of drug-likeness (QED) is 0.870. The average molecular weight is 296 g/mol. The zero-order chi connectivity index (χ0) is 14.4. The van der Waals surface area contributed by atoms with Gasteiger partial charge < -0.3 is 15.1 Å². The maximum atomic E-state index is 5.88. The van der Waals surface area contributed by atoms with E-state index < -0.39 is 0 Å². The first-order valence-electron chi connectivity index (χ1n) is 7.61. The SMILES string of the molecule is CCN1CCC(N(C)CCNc2ccc(Cl)cc2)CC1. The van der Waals surface area contributed by atoms with Crippen molar-refractivity contribution in [2.24, 2.45) is 0 Å². The molecule has 1 aliphatic rings. The van der Waals surface area contributed by atoms with Crippen molar-refractivity contribution in [1.82, 2.24) is 9.80 Å². The maximum absolute atomic E-state index is 5.88. The van der Waals surface area contributed by atoms with E-state index in [1.165, 1.54) is 32.5 Å². The third-order valence-electron chi connectivity index (χ3n) is 4.27. The Morgan fingerprint density at radius 2 is 1.90 bits per heavy atom. The normalized spacial score (nSPS) is 17.6. The van der Waals surface area contributed by atoms with Crippen LogP contribution in [0.25, 0.3) is 0 Å². The fourth-order valence-electron chi connectivity index (χ4n) is 2.80. The summed E-state index contributed by atoms with van der Waals surface area (Å²) in [6, 6.07) is 8.65. The molecule has 0 unspecified atom stereocenters. The molecule has 1 heterocycles. The molecule has 1 aromatic rings. The van der Waals surface area contributed by atoms with Gasteiger partial charge in [-0.15, -0.1) is 0 Å². The molecule has 1 N–H and O–H groups in total. The Balaban J connectivity index is 1.67. The Labute approximate surface area is 127 Å². The van der Waals surface area contributed by atoms with Crippen molar-refractivity contribution in [3.63, 3.8) is 0 Å². The molecule has 0 atom stereocenters. The van der Waals surface area contributed by atoms with E-state index in [4.69, 9.17) is 11.6 Å². The van der Waals surface area contributed by atoms with E-state index in [1.807, 2.05) is 24.3 Å². The second-order valence-electron chi connectivity index (χ2n) is 5.58. The molecule has 0 radical (unpaired) electrons. The number of likely N-dealkylation sites (N-methyl/N-ethyl adjacent to an activating group) is 1. The number of benzene rings is 1. The summed E-state index contributed by atoms with van der Waals surface area (Å²) in [5.41, 5.74) is 1.14. The summed E-state index contributed by atoms with van der Waals surface area (Å²) < 4.78 is 0. The van der Waals surface area contributed by atoms with Gasteiger partial charge in [-0.2, -0.15) is 0 Å². The number of hydrogen-bond donors (Lipinski definition) is 1. The minimum Gasteiger partial charge on any atom is -0.384 e. The lowest BCUT2D eigenvalue weighted by Gasteiger charge is -2.36. The molecule has 0 spiro atoms. The highest BCUT2D eigenvalue weighted by Gasteiger charge is 2.20. The Morgan fingerprint density at radius 3 is 2.50 bits per heavy atom. The molecule has 0 saturated carbocycles. The number of likely N-dealkylation sites (tertiary alicyclic amines) is 1. The molecule has 112 valence electrons. The van der Waals surface area contributed by atoms with E-state index in [-0.39, 0.29) is 0 Å². The van der Waals surface area contributed by atoms with Gasteiger partial charge in [0.05, 0.1) is 0 Å². The van der Waals surface area contributed by atoms with Gasteiger partial charge in [0.2, 0.25) is 0 Å². The summed E-state index contributed by atoms with van der Waals surface area (Å²) in [5.74, 6) is 0. The van der Waals surface area contributed by atoms with Gasteiger partial charge in [0.1, 0.15) is 0 Å². The molecule has 1 aliphatic heterocycles. The molecule has 0 amide bonds. The van der Waals surface area contributed by atoms with Crippen molar-refractivity contribution in [3.05, 3.63) is 29.3 Å². The van der Waals surface area contributed by atoms with Crippen LogP contribution in [0.15, 0.2) is 24.3 Å². The lowest BCUT2D eigenvalue weighted by atomic mass is 10.0. The maximum Gasteiger partial charge on any atom is 0.0407 e. The number of rotatable bonds is 6. The smallest absolute Gasteiger partial charge is 0.0407 e. The first-order valence-corrected chi connectivity index (χ1v) is 7.99. The molecular weight excluding hydrogens is 270 g/mol. The van der Waals surface area contributed by atoms with Gasteiger partial charge in [0.15, 0.2) is 0 Å². The highest BCUT2D eigenvalue weighted by Crippen LogP contribution is 2.15. The van der Waals surface area contributed by atoms with E-state index in [1.54, 1.807) is 0 Å². The highest BCUT2D eigenvalue weighted by molar-refractivity contribution is 6.30. The van der Waals surface area contributed by atoms with Crippen molar-refractivity contribution in [2.45, 2.75) is 25.8 Å². The summed E-state index contributed by atoms with van der Waals surface area (Å²) in [6.07, 6.45) is 2.59. The van der Waals surface area contributed by atoms with Crippen LogP contribution >= 0.6 is 11.6 Å². The number of anilines is 1. The Bertz CT molecular complexity index is 385. The zero-order valence-electron chi connectivity index (χ0n) is 12.6. The van der Waals surface area contributed by atoms with Crippen molar-refractivity contribution >= 4 is 17.3 Å². The van der Waals surface area contributed by atoms with Crippen LogP contribution in [0.3, 0.4) is 0 Å². The van der Waals surface area contributed by atoms with Crippen molar-refractivity contribution < 1.29 is 0 Å². The van der Waals surface area contributed by atoms with Crippen LogP contribution in [0.4, 0.5) is 5.69 Å². The monoisotopic (exact) mass is 295 g/mol. The molecular formula is C16H26ClN3. The van der Waals surface area contributed by atoms with Crippen LogP contribution in [0.5, 0.6) is 0 Å². The minimum absolute atomic E-state index is 0.741. The standard InChI is InChI=1S/C16H26ClN3/c1-3-20-11-8-16(9-12-20)19(2)13-10-18-15-6-4-14(17)5-7-15/h4-7,16,18H,3,8-13H2,1-2H3. The van der Waals surface area contributed by atoms with Crippen molar-refractivity contribution in [2.75, 3.05) is 45.1 Å². The van der Waals surface area contributed by atoms with Gasteiger partial charge in [0, 0.05) is 29.8 Å². The van der Waals surface area contributed by atoms with E-state index >= 15 is 0 Å². The Kier molecular flexibility index (Phi) is 6.14. The minimum atomic E-state index is 0.741. The van der Waals surface area contributed by atoms with Crippen LogP contribution < -0.4 is 5.32 Å². The Morgan fingerprint density at radius 1 is 1.25 bits per heavy atom. The van der Waals surface area contributed by atoms with Gasteiger partial charge in [-0.1, -0.05) is 18.5 Å².